The lowest BCUT2D eigenvalue weighted by atomic mass is 9.87. The Morgan fingerprint density at radius 1 is 0.812 bits per heavy atom. The van der Waals surface area contributed by atoms with E-state index in [0.717, 1.165) is 11.1 Å². The Labute approximate surface area is 192 Å². The summed E-state index contributed by atoms with van der Waals surface area (Å²) in [6.45, 7) is 12.7. The lowest BCUT2D eigenvalue weighted by molar-refractivity contribution is -0.151. The average molecular weight is 459 g/mol. The number of esters is 1. The number of carbonyl (C=O) groups is 1. The molecule has 1 fully saturated rings. The standard InChI is InChI=1S/C26H34O5S/c1-16-7-13-24(14-8-16)32(28,29)31-23-11-9-22(10-12-23)26(27)30-15-25-20(5)18(3)17(2)19(4)21(25)6/h7-8,13-14,22-23H,9-12,15H2,1-6H3. The van der Waals surface area contributed by atoms with Gasteiger partial charge in [-0.1, -0.05) is 17.7 Å². The van der Waals surface area contributed by atoms with Gasteiger partial charge in [0.15, 0.2) is 0 Å². The molecule has 0 aromatic heterocycles. The second-order valence-corrected chi connectivity index (χ2v) is 10.6. The highest BCUT2D eigenvalue weighted by atomic mass is 32.2. The first-order valence-electron chi connectivity index (χ1n) is 11.2. The van der Waals surface area contributed by atoms with E-state index in [-0.39, 0.29) is 23.4 Å². The monoisotopic (exact) mass is 458 g/mol. The second-order valence-electron chi connectivity index (χ2n) is 9.05. The van der Waals surface area contributed by atoms with Gasteiger partial charge >= 0.3 is 5.97 Å². The second kappa shape index (κ2) is 9.75. The van der Waals surface area contributed by atoms with E-state index in [1.165, 1.54) is 27.8 Å². The van der Waals surface area contributed by atoms with Crippen molar-refractivity contribution in [3.05, 3.63) is 63.2 Å². The van der Waals surface area contributed by atoms with Crippen LogP contribution in [0, 0.1) is 47.5 Å². The van der Waals surface area contributed by atoms with Crippen LogP contribution in [0.3, 0.4) is 0 Å². The topological polar surface area (TPSA) is 69.7 Å². The first-order valence-corrected chi connectivity index (χ1v) is 12.6. The van der Waals surface area contributed by atoms with Gasteiger partial charge in [-0.2, -0.15) is 8.42 Å². The van der Waals surface area contributed by atoms with Crippen molar-refractivity contribution in [2.24, 2.45) is 5.92 Å². The summed E-state index contributed by atoms with van der Waals surface area (Å²) in [4.78, 5) is 12.9. The number of hydrogen-bond donors (Lipinski definition) is 0. The molecule has 0 unspecified atom stereocenters. The van der Waals surface area contributed by atoms with Crippen molar-refractivity contribution < 1.29 is 22.1 Å². The van der Waals surface area contributed by atoms with Crippen LogP contribution in [0.2, 0.25) is 0 Å². The minimum atomic E-state index is -3.80. The maximum Gasteiger partial charge on any atom is 0.309 e. The largest absolute Gasteiger partial charge is 0.461 e. The molecule has 6 heteroatoms. The van der Waals surface area contributed by atoms with E-state index in [2.05, 4.69) is 34.6 Å². The predicted molar refractivity (Wildman–Crippen MR) is 125 cm³/mol. The van der Waals surface area contributed by atoms with Gasteiger partial charge in [0.2, 0.25) is 0 Å². The fourth-order valence-electron chi connectivity index (χ4n) is 4.39. The molecule has 0 bridgehead atoms. The van der Waals surface area contributed by atoms with Crippen LogP contribution in [0.15, 0.2) is 29.2 Å². The van der Waals surface area contributed by atoms with Gasteiger partial charge in [0.1, 0.15) is 6.61 Å². The zero-order valence-electron chi connectivity index (χ0n) is 19.9. The highest BCUT2D eigenvalue weighted by Crippen LogP contribution is 2.31. The van der Waals surface area contributed by atoms with Crippen molar-refractivity contribution in [1.82, 2.24) is 0 Å². The van der Waals surface area contributed by atoms with Gasteiger partial charge < -0.3 is 4.74 Å². The van der Waals surface area contributed by atoms with Crippen molar-refractivity contribution in [2.45, 2.75) is 84.8 Å². The molecule has 1 saturated carbocycles. The number of hydrogen-bond acceptors (Lipinski definition) is 5. The summed E-state index contributed by atoms with van der Waals surface area (Å²) >= 11 is 0. The maximum absolute atomic E-state index is 12.7. The third-order valence-corrected chi connectivity index (χ3v) is 8.47. The minimum Gasteiger partial charge on any atom is -0.461 e. The Balaban J connectivity index is 1.56. The third-order valence-electron chi connectivity index (χ3n) is 7.09. The van der Waals surface area contributed by atoms with Crippen molar-refractivity contribution in [1.29, 1.82) is 0 Å². The zero-order chi connectivity index (χ0) is 23.6. The summed E-state index contributed by atoms with van der Waals surface area (Å²) < 4.78 is 36.2. The normalized spacial score (nSPS) is 19.1. The number of aryl methyl sites for hydroxylation is 1. The summed E-state index contributed by atoms with van der Waals surface area (Å²) in [5.41, 5.74) is 8.20. The summed E-state index contributed by atoms with van der Waals surface area (Å²) in [6.07, 6.45) is 1.77. The SMILES string of the molecule is Cc1ccc(S(=O)(=O)OC2CCC(C(=O)OCc3c(C)c(C)c(C)c(C)c3C)CC2)cc1. The molecule has 1 aliphatic rings. The summed E-state index contributed by atoms with van der Waals surface area (Å²) in [5.74, 6) is -0.426. The van der Waals surface area contributed by atoms with E-state index >= 15 is 0 Å². The molecule has 0 N–H and O–H groups in total. The van der Waals surface area contributed by atoms with Crippen LogP contribution in [-0.4, -0.2) is 20.5 Å². The van der Waals surface area contributed by atoms with Gasteiger partial charge in [-0.25, -0.2) is 0 Å². The molecular formula is C26H34O5S. The van der Waals surface area contributed by atoms with Gasteiger partial charge in [-0.15, -0.1) is 0 Å². The Hall–Kier alpha value is -2.18. The molecule has 0 heterocycles. The lowest BCUT2D eigenvalue weighted by Crippen LogP contribution is -2.29. The van der Waals surface area contributed by atoms with E-state index in [4.69, 9.17) is 8.92 Å². The number of carbonyl (C=O) groups excluding carboxylic acids is 1. The van der Waals surface area contributed by atoms with Crippen LogP contribution in [0.4, 0.5) is 0 Å². The summed E-state index contributed by atoms with van der Waals surface area (Å²) in [7, 11) is -3.80. The van der Waals surface area contributed by atoms with Gasteiger partial charge in [0, 0.05) is 0 Å². The van der Waals surface area contributed by atoms with Crippen LogP contribution in [-0.2, 0) is 30.4 Å². The fraction of sp³-hybridized carbons (Fsp3) is 0.500. The first-order chi connectivity index (χ1) is 15.0. The van der Waals surface area contributed by atoms with E-state index in [0.29, 0.717) is 25.7 Å². The smallest absolute Gasteiger partial charge is 0.309 e. The minimum absolute atomic E-state index is 0.166. The van der Waals surface area contributed by atoms with E-state index in [9.17, 15) is 13.2 Å². The summed E-state index contributed by atoms with van der Waals surface area (Å²) in [6, 6.07) is 6.63. The van der Waals surface area contributed by atoms with Gasteiger partial charge in [0.25, 0.3) is 10.1 Å². The van der Waals surface area contributed by atoms with E-state index in [1.54, 1.807) is 24.3 Å². The van der Waals surface area contributed by atoms with Gasteiger partial charge in [-0.05, 0) is 113 Å². The highest BCUT2D eigenvalue weighted by molar-refractivity contribution is 7.86. The maximum atomic E-state index is 12.7. The van der Waals surface area contributed by atoms with Crippen molar-refractivity contribution in [3.63, 3.8) is 0 Å². The molecule has 0 saturated heterocycles. The molecule has 2 aromatic rings. The van der Waals surface area contributed by atoms with Crippen LogP contribution in [0.1, 0.15) is 64.6 Å². The Bertz CT molecular complexity index is 1060. The average Bonchev–Trinajstić information content (AvgIpc) is 2.76. The van der Waals surface area contributed by atoms with Crippen molar-refractivity contribution >= 4 is 16.1 Å². The molecule has 3 rings (SSSR count). The molecule has 1 aliphatic carbocycles. The molecule has 0 atom stereocenters. The molecule has 2 aromatic carbocycles. The number of rotatable bonds is 6. The molecule has 32 heavy (non-hydrogen) atoms. The molecule has 0 aliphatic heterocycles. The Morgan fingerprint density at radius 3 is 1.84 bits per heavy atom. The molecule has 5 nitrogen and oxygen atoms in total. The Kier molecular flexibility index (Phi) is 7.46. The molecule has 174 valence electrons. The van der Waals surface area contributed by atoms with Crippen molar-refractivity contribution in [2.75, 3.05) is 0 Å². The highest BCUT2D eigenvalue weighted by Gasteiger charge is 2.31. The molecule has 0 radical (unpaired) electrons. The lowest BCUT2D eigenvalue weighted by Gasteiger charge is -2.27. The van der Waals surface area contributed by atoms with E-state index < -0.39 is 16.2 Å². The van der Waals surface area contributed by atoms with Crippen LogP contribution in [0.5, 0.6) is 0 Å². The zero-order valence-corrected chi connectivity index (χ0v) is 20.8. The molecule has 0 spiro atoms. The van der Waals surface area contributed by atoms with E-state index in [1.807, 2.05) is 6.92 Å². The van der Waals surface area contributed by atoms with Crippen LogP contribution in [0.25, 0.3) is 0 Å². The molecular weight excluding hydrogens is 424 g/mol. The van der Waals surface area contributed by atoms with Gasteiger partial charge in [0.05, 0.1) is 16.9 Å². The number of benzene rings is 2. The van der Waals surface area contributed by atoms with Gasteiger partial charge in [-0.3, -0.25) is 8.98 Å². The predicted octanol–water partition coefficient (Wildman–Crippen LogP) is 5.54. The number of ether oxygens (including phenoxy) is 1. The van der Waals surface area contributed by atoms with Crippen molar-refractivity contribution in [3.8, 4) is 0 Å². The van der Waals surface area contributed by atoms with Crippen LogP contribution >= 0.6 is 0 Å². The molecule has 0 amide bonds. The van der Waals surface area contributed by atoms with Crippen LogP contribution < -0.4 is 0 Å². The summed E-state index contributed by atoms with van der Waals surface area (Å²) in [5, 5.41) is 0. The first kappa shape index (κ1) is 24.5. The third kappa shape index (κ3) is 5.24. The fourth-order valence-corrected chi connectivity index (χ4v) is 5.52. The quantitative estimate of drug-likeness (QED) is 0.420. The Morgan fingerprint density at radius 2 is 1.31 bits per heavy atom.